The molecule has 1 aromatic carbocycles. The van der Waals surface area contributed by atoms with E-state index in [9.17, 15) is 4.79 Å². The second kappa shape index (κ2) is 5.54. The summed E-state index contributed by atoms with van der Waals surface area (Å²) in [6.45, 7) is 1.98. The van der Waals surface area contributed by atoms with Gasteiger partial charge in [-0.05, 0) is 31.0 Å². The molecule has 0 amide bonds. The molecule has 5 heteroatoms. The highest BCUT2D eigenvalue weighted by Crippen LogP contribution is 2.26. The Kier molecular flexibility index (Phi) is 3.60. The van der Waals surface area contributed by atoms with Crippen LogP contribution in [0.15, 0.2) is 33.5 Å². The maximum atomic E-state index is 11.6. The third-order valence-corrected chi connectivity index (χ3v) is 3.58. The normalized spacial score (nSPS) is 16.2. The first-order chi connectivity index (χ1) is 9.76. The minimum Gasteiger partial charge on any atom is -0.497 e. The van der Waals surface area contributed by atoms with Crippen LogP contribution < -0.4 is 15.8 Å². The van der Waals surface area contributed by atoms with Crippen molar-refractivity contribution in [3.8, 4) is 5.75 Å². The second-order valence-electron chi connectivity index (χ2n) is 5.00. The van der Waals surface area contributed by atoms with Gasteiger partial charge in [-0.15, -0.1) is 0 Å². The van der Waals surface area contributed by atoms with Crippen LogP contribution in [0.5, 0.6) is 5.75 Å². The second-order valence-corrected chi connectivity index (χ2v) is 5.00. The smallest absolute Gasteiger partial charge is 0.338 e. The van der Waals surface area contributed by atoms with Gasteiger partial charge in [-0.2, -0.15) is 0 Å². The predicted molar refractivity (Wildman–Crippen MR) is 78.1 cm³/mol. The van der Waals surface area contributed by atoms with Crippen molar-refractivity contribution in [2.75, 3.05) is 25.6 Å². The summed E-state index contributed by atoms with van der Waals surface area (Å²) in [5.41, 5.74) is 4.33. The monoisotopic (exact) mass is 274 g/mol. The fourth-order valence-corrected chi connectivity index (χ4v) is 2.54. The van der Waals surface area contributed by atoms with Crippen molar-refractivity contribution in [2.45, 2.75) is 19.3 Å². The highest BCUT2D eigenvalue weighted by Gasteiger charge is 2.13. The number of hydrogen-bond acceptors (Lipinski definition) is 5. The van der Waals surface area contributed by atoms with Crippen molar-refractivity contribution in [3.05, 3.63) is 34.7 Å². The molecule has 1 fully saturated rings. The number of benzene rings is 1. The Morgan fingerprint density at radius 2 is 2.00 bits per heavy atom. The van der Waals surface area contributed by atoms with E-state index >= 15 is 0 Å². The molecule has 0 unspecified atom stereocenters. The summed E-state index contributed by atoms with van der Waals surface area (Å²) in [5.74, 6) is 0.744. The molecule has 106 valence electrons. The van der Waals surface area contributed by atoms with E-state index in [-0.39, 0.29) is 5.63 Å². The lowest BCUT2D eigenvalue weighted by Gasteiger charge is -2.28. The van der Waals surface area contributed by atoms with Gasteiger partial charge in [0.1, 0.15) is 11.3 Å². The van der Waals surface area contributed by atoms with Gasteiger partial charge in [0.05, 0.1) is 12.8 Å². The maximum absolute atomic E-state index is 11.6. The number of piperidine rings is 1. The first-order valence-electron chi connectivity index (χ1n) is 6.90. The van der Waals surface area contributed by atoms with Crippen LogP contribution in [0, 0.1) is 0 Å². The molecule has 1 N–H and O–H groups in total. The first kappa shape index (κ1) is 13.0. The van der Waals surface area contributed by atoms with Crippen LogP contribution in [0.1, 0.15) is 19.3 Å². The zero-order valence-electron chi connectivity index (χ0n) is 11.5. The quantitative estimate of drug-likeness (QED) is 0.872. The fraction of sp³-hybridized carbons (Fsp3) is 0.400. The summed E-state index contributed by atoms with van der Waals surface area (Å²) in [6, 6.07) is 6.92. The number of nitrogens with zero attached hydrogens (tertiary/aromatic N) is 1. The van der Waals surface area contributed by atoms with Gasteiger partial charge in [0.25, 0.3) is 0 Å². The Bertz CT molecular complexity index is 660. The summed E-state index contributed by atoms with van der Waals surface area (Å²) < 4.78 is 10.5. The van der Waals surface area contributed by atoms with Gasteiger partial charge >= 0.3 is 5.63 Å². The van der Waals surface area contributed by atoms with E-state index in [4.69, 9.17) is 9.15 Å². The molecule has 1 aliphatic heterocycles. The molecule has 1 saturated heterocycles. The van der Waals surface area contributed by atoms with E-state index in [0.717, 1.165) is 29.9 Å². The number of hydrazine groups is 1. The van der Waals surface area contributed by atoms with Crippen LogP contribution in [0.25, 0.3) is 11.0 Å². The first-order valence-corrected chi connectivity index (χ1v) is 6.90. The fourth-order valence-electron chi connectivity index (χ4n) is 2.54. The number of methoxy groups -OCH3 is 1. The minimum atomic E-state index is -0.345. The molecular weight excluding hydrogens is 256 g/mol. The van der Waals surface area contributed by atoms with Crippen molar-refractivity contribution in [2.24, 2.45) is 0 Å². The molecule has 2 aromatic rings. The van der Waals surface area contributed by atoms with Crippen molar-refractivity contribution < 1.29 is 9.15 Å². The van der Waals surface area contributed by atoms with Gasteiger partial charge in [0.2, 0.25) is 0 Å². The third-order valence-electron chi connectivity index (χ3n) is 3.58. The van der Waals surface area contributed by atoms with Gasteiger partial charge in [0, 0.05) is 24.5 Å². The number of hydrogen-bond donors (Lipinski definition) is 1. The van der Waals surface area contributed by atoms with Crippen molar-refractivity contribution >= 4 is 16.7 Å². The zero-order chi connectivity index (χ0) is 13.9. The van der Waals surface area contributed by atoms with Crippen molar-refractivity contribution in [1.29, 1.82) is 0 Å². The molecule has 0 bridgehead atoms. The Labute approximate surface area is 117 Å². The lowest BCUT2D eigenvalue weighted by molar-refractivity contribution is 0.273. The molecule has 0 aliphatic carbocycles. The Hall–Kier alpha value is -2.01. The van der Waals surface area contributed by atoms with Crippen LogP contribution in [-0.4, -0.2) is 25.2 Å². The highest BCUT2D eigenvalue weighted by atomic mass is 16.5. The van der Waals surface area contributed by atoms with Crippen molar-refractivity contribution in [1.82, 2.24) is 5.01 Å². The lowest BCUT2D eigenvalue weighted by atomic mass is 10.1. The topological polar surface area (TPSA) is 54.7 Å². The SMILES string of the molecule is COc1ccc2oc(=O)cc(NN3CCCCC3)c2c1. The van der Waals surface area contributed by atoms with Gasteiger partial charge in [0.15, 0.2) is 0 Å². The number of ether oxygens (including phenoxy) is 1. The highest BCUT2D eigenvalue weighted by molar-refractivity contribution is 5.90. The maximum Gasteiger partial charge on any atom is 0.338 e. The molecule has 1 aromatic heterocycles. The van der Waals surface area contributed by atoms with Crippen LogP contribution in [0.4, 0.5) is 5.69 Å². The van der Waals surface area contributed by atoms with E-state index < -0.39 is 0 Å². The average Bonchev–Trinajstić information content (AvgIpc) is 2.48. The molecule has 0 atom stereocenters. The van der Waals surface area contributed by atoms with Crippen LogP contribution >= 0.6 is 0 Å². The standard InChI is InChI=1S/C15H18N2O3/c1-19-11-5-6-14-12(9-11)13(10-15(18)20-14)16-17-7-3-2-4-8-17/h5-6,9-10,16H,2-4,7-8H2,1H3. The Balaban J connectivity index is 2.00. The third kappa shape index (κ3) is 2.63. The molecule has 1 aliphatic rings. The minimum absolute atomic E-state index is 0.345. The van der Waals surface area contributed by atoms with Gasteiger partial charge in [-0.25, -0.2) is 9.80 Å². The summed E-state index contributed by atoms with van der Waals surface area (Å²) >= 11 is 0. The number of anilines is 1. The Morgan fingerprint density at radius 3 is 2.75 bits per heavy atom. The molecular formula is C15H18N2O3. The predicted octanol–water partition coefficient (Wildman–Crippen LogP) is 2.61. The van der Waals surface area contributed by atoms with Gasteiger partial charge in [-0.3, -0.25) is 0 Å². The number of nitrogens with one attached hydrogen (secondary N) is 1. The van der Waals surface area contributed by atoms with Crippen LogP contribution in [-0.2, 0) is 0 Å². The molecule has 3 rings (SSSR count). The van der Waals surface area contributed by atoms with E-state index in [0.29, 0.717) is 5.58 Å². The van der Waals surface area contributed by atoms with Gasteiger partial charge < -0.3 is 14.6 Å². The van der Waals surface area contributed by atoms with E-state index in [1.165, 1.54) is 25.3 Å². The molecule has 5 nitrogen and oxygen atoms in total. The van der Waals surface area contributed by atoms with E-state index in [1.54, 1.807) is 19.2 Å². The molecule has 20 heavy (non-hydrogen) atoms. The zero-order valence-corrected chi connectivity index (χ0v) is 11.5. The molecule has 0 spiro atoms. The molecule has 0 radical (unpaired) electrons. The number of rotatable bonds is 3. The number of fused-ring (bicyclic) bond motifs is 1. The van der Waals surface area contributed by atoms with E-state index in [2.05, 4.69) is 10.4 Å². The van der Waals surface area contributed by atoms with Crippen LogP contribution in [0.3, 0.4) is 0 Å². The Morgan fingerprint density at radius 1 is 1.20 bits per heavy atom. The lowest BCUT2D eigenvalue weighted by Crippen LogP contribution is -2.35. The van der Waals surface area contributed by atoms with Crippen LogP contribution in [0.2, 0.25) is 0 Å². The molecule has 2 heterocycles. The largest absolute Gasteiger partial charge is 0.497 e. The van der Waals surface area contributed by atoms with Crippen molar-refractivity contribution in [3.63, 3.8) is 0 Å². The summed E-state index contributed by atoms with van der Waals surface area (Å²) in [4.78, 5) is 11.6. The van der Waals surface area contributed by atoms with E-state index in [1.807, 2.05) is 6.07 Å². The summed E-state index contributed by atoms with van der Waals surface area (Å²) in [6.07, 6.45) is 3.62. The summed E-state index contributed by atoms with van der Waals surface area (Å²) in [5, 5.41) is 3.01. The van der Waals surface area contributed by atoms with Gasteiger partial charge in [-0.1, -0.05) is 6.42 Å². The molecule has 0 saturated carbocycles. The average molecular weight is 274 g/mol. The summed E-state index contributed by atoms with van der Waals surface area (Å²) in [7, 11) is 1.62.